The van der Waals surface area contributed by atoms with E-state index in [9.17, 15) is 8.42 Å². The van der Waals surface area contributed by atoms with Crippen LogP contribution >= 0.6 is 24.8 Å². The van der Waals surface area contributed by atoms with E-state index < -0.39 is 9.84 Å². The lowest BCUT2D eigenvalue weighted by Gasteiger charge is -2.19. The Hall–Kier alpha value is -0.860. The molecule has 1 saturated heterocycles. The van der Waals surface area contributed by atoms with E-state index in [0.29, 0.717) is 17.9 Å². The molecule has 0 spiro atoms. The molecule has 1 aromatic carbocycles. The van der Waals surface area contributed by atoms with Crippen molar-refractivity contribution in [1.82, 2.24) is 19.4 Å². The first-order chi connectivity index (χ1) is 13.0. The zero-order chi connectivity index (χ0) is 20.7. The van der Waals surface area contributed by atoms with Gasteiger partial charge >= 0.3 is 0 Å². The average molecular weight is 480 g/mol. The molecule has 1 aromatic heterocycles. The Bertz CT molecular complexity index is 952. The predicted octanol–water partition coefficient (Wildman–Crippen LogP) is 3.51. The number of likely N-dealkylation sites (N-methyl/N-ethyl adjacent to an activating group) is 1. The van der Waals surface area contributed by atoms with E-state index >= 15 is 0 Å². The van der Waals surface area contributed by atoms with Crippen LogP contribution < -0.4 is 0 Å². The van der Waals surface area contributed by atoms with Gasteiger partial charge in [0.15, 0.2) is 9.84 Å². The Morgan fingerprint density at radius 2 is 1.87 bits per heavy atom. The molecule has 0 bridgehead atoms. The molecule has 0 radical (unpaired) electrons. The van der Waals surface area contributed by atoms with Gasteiger partial charge in [-0.25, -0.2) is 13.4 Å². The van der Waals surface area contributed by atoms with Crippen LogP contribution in [-0.4, -0.2) is 73.8 Å². The van der Waals surface area contributed by atoms with E-state index in [1.807, 2.05) is 13.1 Å². The molecule has 2 aromatic rings. The van der Waals surface area contributed by atoms with Crippen LogP contribution in [-0.2, 0) is 22.8 Å². The molecule has 0 amide bonds. The van der Waals surface area contributed by atoms with E-state index in [1.165, 1.54) is 0 Å². The highest BCUT2D eigenvalue weighted by Crippen LogP contribution is 2.28. The first-order valence-electron chi connectivity index (χ1n) is 10.0. The Labute approximate surface area is 193 Å². The molecule has 1 fully saturated rings. The minimum atomic E-state index is -3.33. The molecule has 9 heteroatoms. The third-order valence-corrected chi connectivity index (χ3v) is 7.55. The van der Waals surface area contributed by atoms with Gasteiger partial charge in [-0.05, 0) is 57.7 Å². The highest BCUT2D eigenvalue weighted by Gasteiger charge is 2.33. The van der Waals surface area contributed by atoms with Crippen LogP contribution in [0.4, 0.5) is 0 Å². The normalized spacial score (nSPS) is 17.9. The SMILES string of the molecule is CN(C)CCn1c(CC(C)(C)C)nc2cc(S(=O)(=O)C3CCN(C)C3)ccc21.Cl.Cl. The first-order valence-corrected chi connectivity index (χ1v) is 11.6. The summed E-state index contributed by atoms with van der Waals surface area (Å²) in [5, 5.41) is -0.320. The van der Waals surface area contributed by atoms with Crippen molar-refractivity contribution in [3.05, 3.63) is 24.0 Å². The van der Waals surface area contributed by atoms with Gasteiger partial charge < -0.3 is 14.4 Å². The van der Waals surface area contributed by atoms with Gasteiger partial charge in [0.2, 0.25) is 0 Å². The molecule has 3 rings (SSSR count). The molecule has 2 heterocycles. The number of aromatic nitrogens is 2. The number of halogens is 2. The lowest BCUT2D eigenvalue weighted by molar-refractivity contribution is 0.365. The number of benzene rings is 1. The van der Waals surface area contributed by atoms with E-state index in [-0.39, 0.29) is 35.5 Å². The van der Waals surface area contributed by atoms with Crippen molar-refractivity contribution in [3.8, 4) is 0 Å². The minimum Gasteiger partial charge on any atom is -0.327 e. The fourth-order valence-corrected chi connectivity index (χ4v) is 5.62. The number of fused-ring (bicyclic) bond motifs is 1. The lowest BCUT2D eigenvalue weighted by Crippen LogP contribution is -2.25. The Morgan fingerprint density at radius 3 is 2.40 bits per heavy atom. The summed E-state index contributed by atoms with van der Waals surface area (Å²) in [6.45, 7) is 9.80. The van der Waals surface area contributed by atoms with Gasteiger partial charge in [0.25, 0.3) is 0 Å². The Kier molecular flexibility index (Phi) is 9.21. The minimum absolute atomic E-state index is 0. The molecular formula is C21H36Cl2N4O2S. The molecule has 0 aliphatic carbocycles. The Morgan fingerprint density at radius 1 is 1.20 bits per heavy atom. The second kappa shape index (κ2) is 10.2. The van der Waals surface area contributed by atoms with Crippen molar-refractivity contribution in [1.29, 1.82) is 0 Å². The molecule has 172 valence electrons. The van der Waals surface area contributed by atoms with Gasteiger partial charge in [0.05, 0.1) is 21.2 Å². The molecule has 1 aliphatic heterocycles. The maximum Gasteiger partial charge on any atom is 0.182 e. The smallest absolute Gasteiger partial charge is 0.182 e. The largest absolute Gasteiger partial charge is 0.327 e. The number of hydrogen-bond acceptors (Lipinski definition) is 5. The van der Waals surface area contributed by atoms with Crippen molar-refractivity contribution < 1.29 is 8.42 Å². The molecule has 30 heavy (non-hydrogen) atoms. The van der Waals surface area contributed by atoms with Crippen molar-refractivity contribution in [2.75, 3.05) is 40.8 Å². The van der Waals surface area contributed by atoms with Crippen LogP contribution in [0, 0.1) is 5.41 Å². The highest BCUT2D eigenvalue weighted by molar-refractivity contribution is 7.92. The lowest BCUT2D eigenvalue weighted by atomic mass is 9.92. The number of rotatable bonds is 6. The summed E-state index contributed by atoms with van der Waals surface area (Å²) in [6, 6.07) is 5.49. The number of imidazole rings is 1. The summed E-state index contributed by atoms with van der Waals surface area (Å²) in [6.07, 6.45) is 1.55. The topological polar surface area (TPSA) is 58.4 Å². The number of hydrogen-bond donors (Lipinski definition) is 0. The predicted molar refractivity (Wildman–Crippen MR) is 129 cm³/mol. The van der Waals surface area contributed by atoms with E-state index in [4.69, 9.17) is 4.98 Å². The second-order valence-electron chi connectivity index (χ2n) is 9.59. The van der Waals surface area contributed by atoms with Crippen LogP contribution in [0.2, 0.25) is 0 Å². The monoisotopic (exact) mass is 478 g/mol. The summed E-state index contributed by atoms with van der Waals surface area (Å²) in [7, 11) is 2.77. The molecule has 1 unspecified atom stereocenters. The maximum atomic E-state index is 13.1. The number of likely N-dealkylation sites (tertiary alicyclic amines) is 1. The maximum absolute atomic E-state index is 13.1. The zero-order valence-corrected chi connectivity index (χ0v) is 21.3. The third kappa shape index (κ3) is 6.10. The van der Waals surface area contributed by atoms with Gasteiger partial charge in [-0.15, -0.1) is 24.8 Å². The van der Waals surface area contributed by atoms with Crippen LogP contribution in [0.3, 0.4) is 0 Å². The van der Waals surface area contributed by atoms with Gasteiger partial charge in [0, 0.05) is 26.1 Å². The fraction of sp³-hybridized carbons (Fsp3) is 0.667. The Balaban J connectivity index is 0.00000225. The molecule has 1 atom stereocenters. The summed E-state index contributed by atoms with van der Waals surface area (Å²) in [4.78, 5) is 9.50. The summed E-state index contributed by atoms with van der Waals surface area (Å²) in [5.74, 6) is 1.03. The summed E-state index contributed by atoms with van der Waals surface area (Å²) >= 11 is 0. The van der Waals surface area contributed by atoms with Crippen LogP contribution in [0.25, 0.3) is 11.0 Å². The first kappa shape index (κ1) is 27.2. The van der Waals surface area contributed by atoms with Gasteiger partial charge in [-0.3, -0.25) is 0 Å². The molecule has 6 nitrogen and oxygen atoms in total. The molecule has 0 N–H and O–H groups in total. The molecule has 1 aliphatic rings. The third-order valence-electron chi connectivity index (χ3n) is 5.37. The second-order valence-corrected chi connectivity index (χ2v) is 11.8. The highest BCUT2D eigenvalue weighted by atomic mass is 35.5. The summed E-state index contributed by atoms with van der Waals surface area (Å²) < 4.78 is 28.4. The quantitative estimate of drug-likeness (QED) is 0.635. The van der Waals surface area contributed by atoms with Gasteiger partial charge in [0.1, 0.15) is 5.82 Å². The van der Waals surface area contributed by atoms with Crippen LogP contribution in [0.15, 0.2) is 23.1 Å². The van der Waals surface area contributed by atoms with E-state index in [2.05, 4.69) is 49.2 Å². The zero-order valence-electron chi connectivity index (χ0n) is 18.9. The number of sulfone groups is 1. The standard InChI is InChI=1S/C21H34N4O2S.2ClH/c1-21(2,3)14-20-22-18-13-16(28(26,27)17-9-10-24(6)15-17)7-8-19(18)25(20)12-11-23(4)5;;/h7-8,13,17H,9-12,14-15H2,1-6H3;2*1H. The van der Waals surface area contributed by atoms with Crippen molar-refractivity contribution >= 4 is 45.7 Å². The average Bonchev–Trinajstić information content (AvgIpc) is 3.14. The van der Waals surface area contributed by atoms with Gasteiger partial charge in [-0.2, -0.15) is 0 Å². The van der Waals surface area contributed by atoms with Crippen LogP contribution in [0.1, 0.15) is 33.0 Å². The molecule has 0 saturated carbocycles. The summed E-state index contributed by atoms with van der Waals surface area (Å²) in [5.41, 5.74) is 1.91. The fourth-order valence-electron chi connectivity index (χ4n) is 3.84. The van der Waals surface area contributed by atoms with Gasteiger partial charge in [-0.1, -0.05) is 20.8 Å². The van der Waals surface area contributed by atoms with E-state index in [0.717, 1.165) is 42.9 Å². The van der Waals surface area contributed by atoms with Crippen molar-refractivity contribution in [3.63, 3.8) is 0 Å². The van der Waals surface area contributed by atoms with Crippen LogP contribution in [0.5, 0.6) is 0 Å². The number of nitrogens with zero attached hydrogens (tertiary/aromatic N) is 4. The molecular weight excluding hydrogens is 443 g/mol. The van der Waals surface area contributed by atoms with E-state index in [1.54, 1.807) is 12.1 Å². The van der Waals surface area contributed by atoms with Crippen molar-refractivity contribution in [2.45, 2.75) is 50.3 Å². The van der Waals surface area contributed by atoms with Crippen molar-refractivity contribution in [2.24, 2.45) is 5.41 Å².